The molecule has 0 spiro atoms. The van der Waals surface area contributed by atoms with Crippen molar-refractivity contribution in [2.75, 3.05) is 7.11 Å². The zero-order chi connectivity index (χ0) is 10.0. The normalized spacial score (nSPS) is 9.85. The van der Waals surface area contributed by atoms with Gasteiger partial charge < -0.3 is 4.74 Å². The summed E-state index contributed by atoms with van der Waals surface area (Å²) in [5.74, 6) is -1.07. The standard InChI is InChI=1S/C8H5Br2FO2/c1-13-8(12)4-2-5(9)7(10)6(11)3-4/h2-3H,1H3. The van der Waals surface area contributed by atoms with Crippen molar-refractivity contribution in [2.24, 2.45) is 0 Å². The molecule has 0 saturated heterocycles. The fourth-order valence-electron chi connectivity index (χ4n) is 0.791. The fraction of sp³-hybridized carbons (Fsp3) is 0.125. The van der Waals surface area contributed by atoms with Gasteiger partial charge in [-0.3, -0.25) is 0 Å². The highest BCUT2D eigenvalue weighted by molar-refractivity contribution is 9.13. The number of hydrogen-bond acceptors (Lipinski definition) is 2. The highest BCUT2D eigenvalue weighted by atomic mass is 79.9. The van der Waals surface area contributed by atoms with Crippen LogP contribution in [0.2, 0.25) is 0 Å². The SMILES string of the molecule is COC(=O)c1cc(F)c(Br)c(Br)c1. The molecule has 0 bridgehead atoms. The lowest BCUT2D eigenvalue weighted by Crippen LogP contribution is -2.01. The lowest BCUT2D eigenvalue weighted by Gasteiger charge is -2.02. The molecule has 0 atom stereocenters. The largest absolute Gasteiger partial charge is 0.465 e. The quantitative estimate of drug-likeness (QED) is 0.588. The van der Waals surface area contributed by atoms with Gasteiger partial charge in [0.15, 0.2) is 0 Å². The molecule has 0 aliphatic carbocycles. The highest BCUT2D eigenvalue weighted by Gasteiger charge is 2.11. The van der Waals surface area contributed by atoms with Gasteiger partial charge in [-0.05, 0) is 44.0 Å². The first-order valence-electron chi connectivity index (χ1n) is 3.29. The van der Waals surface area contributed by atoms with Gasteiger partial charge in [0, 0.05) is 4.47 Å². The lowest BCUT2D eigenvalue weighted by molar-refractivity contribution is 0.0600. The van der Waals surface area contributed by atoms with Crippen LogP contribution in [-0.4, -0.2) is 13.1 Å². The number of carbonyl (C=O) groups excluding carboxylic acids is 1. The number of benzene rings is 1. The maximum atomic E-state index is 13.1. The molecule has 0 heterocycles. The summed E-state index contributed by atoms with van der Waals surface area (Å²) >= 11 is 6.11. The summed E-state index contributed by atoms with van der Waals surface area (Å²) in [6.07, 6.45) is 0. The second-order valence-electron chi connectivity index (χ2n) is 2.25. The average Bonchev–Trinajstić information content (AvgIpc) is 2.12. The number of halogens is 3. The molecule has 0 fully saturated rings. The summed E-state index contributed by atoms with van der Waals surface area (Å²) in [7, 11) is 1.25. The van der Waals surface area contributed by atoms with E-state index in [4.69, 9.17) is 0 Å². The Labute approximate surface area is 91.3 Å². The van der Waals surface area contributed by atoms with Gasteiger partial charge in [-0.15, -0.1) is 0 Å². The summed E-state index contributed by atoms with van der Waals surface area (Å²) in [5.41, 5.74) is 0.176. The van der Waals surface area contributed by atoms with E-state index < -0.39 is 11.8 Å². The van der Waals surface area contributed by atoms with Crippen molar-refractivity contribution < 1.29 is 13.9 Å². The van der Waals surface area contributed by atoms with Crippen LogP contribution in [0.15, 0.2) is 21.1 Å². The van der Waals surface area contributed by atoms with Crippen LogP contribution in [0, 0.1) is 5.82 Å². The Morgan fingerprint density at radius 3 is 2.54 bits per heavy atom. The van der Waals surface area contributed by atoms with Crippen molar-refractivity contribution in [1.29, 1.82) is 0 Å². The third-order valence-corrected chi connectivity index (χ3v) is 3.37. The van der Waals surface area contributed by atoms with E-state index >= 15 is 0 Å². The summed E-state index contributed by atoms with van der Waals surface area (Å²) in [6.45, 7) is 0. The molecular weight excluding hydrogens is 307 g/mol. The first-order valence-corrected chi connectivity index (χ1v) is 4.87. The van der Waals surface area contributed by atoms with E-state index in [2.05, 4.69) is 36.6 Å². The third-order valence-electron chi connectivity index (χ3n) is 1.40. The summed E-state index contributed by atoms with van der Waals surface area (Å²) in [4.78, 5) is 11.0. The monoisotopic (exact) mass is 310 g/mol. The van der Waals surface area contributed by atoms with Crippen molar-refractivity contribution in [1.82, 2.24) is 0 Å². The van der Waals surface area contributed by atoms with Crippen LogP contribution in [-0.2, 0) is 4.74 Å². The maximum Gasteiger partial charge on any atom is 0.337 e. The number of rotatable bonds is 1. The third kappa shape index (κ3) is 2.28. The van der Waals surface area contributed by atoms with Crippen molar-refractivity contribution in [2.45, 2.75) is 0 Å². The van der Waals surface area contributed by atoms with Crippen LogP contribution >= 0.6 is 31.9 Å². The van der Waals surface area contributed by atoms with Gasteiger partial charge in [0.05, 0.1) is 17.1 Å². The molecule has 0 N–H and O–H groups in total. The molecule has 5 heteroatoms. The Balaban J connectivity index is 3.20. The molecule has 1 aromatic carbocycles. The molecule has 0 unspecified atom stereocenters. The minimum Gasteiger partial charge on any atom is -0.465 e. The van der Waals surface area contributed by atoms with Crippen molar-refractivity contribution in [3.05, 3.63) is 32.5 Å². The van der Waals surface area contributed by atoms with Gasteiger partial charge in [0.1, 0.15) is 5.82 Å². The van der Waals surface area contributed by atoms with Crippen LogP contribution in [0.25, 0.3) is 0 Å². The van der Waals surface area contributed by atoms with Gasteiger partial charge in [-0.1, -0.05) is 0 Å². The van der Waals surface area contributed by atoms with Crippen LogP contribution < -0.4 is 0 Å². The van der Waals surface area contributed by atoms with Crippen molar-refractivity contribution >= 4 is 37.8 Å². The molecule has 2 nitrogen and oxygen atoms in total. The lowest BCUT2D eigenvalue weighted by atomic mass is 10.2. The van der Waals surface area contributed by atoms with E-state index in [0.29, 0.717) is 8.95 Å². The molecular formula is C8H5Br2FO2. The van der Waals surface area contributed by atoms with Crippen molar-refractivity contribution in [3.63, 3.8) is 0 Å². The van der Waals surface area contributed by atoms with Crippen LogP contribution in [0.4, 0.5) is 4.39 Å². The van der Waals surface area contributed by atoms with Crippen LogP contribution in [0.1, 0.15) is 10.4 Å². The minimum absolute atomic E-state index is 0.176. The average molecular weight is 312 g/mol. The Morgan fingerprint density at radius 2 is 2.08 bits per heavy atom. The first kappa shape index (κ1) is 10.7. The molecule has 0 aliphatic rings. The van der Waals surface area contributed by atoms with Gasteiger partial charge in [-0.2, -0.15) is 0 Å². The summed E-state index contributed by atoms with van der Waals surface area (Å²) < 4.78 is 18.3. The smallest absolute Gasteiger partial charge is 0.337 e. The number of hydrogen-bond donors (Lipinski definition) is 0. The molecule has 1 rings (SSSR count). The van der Waals surface area contributed by atoms with Gasteiger partial charge >= 0.3 is 5.97 Å². The molecule has 0 radical (unpaired) electrons. The molecule has 0 aromatic heterocycles. The van der Waals surface area contributed by atoms with Gasteiger partial charge in [-0.25, -0.2) is 9.18 Å². The number of esters is 1. The van der Waals surface area contributed by atoms with Gasteiger partial charge in [0.2, 0.25) is 0 Å². The summed E-state index contributed by atoms with van der Waals surface area (Å²) in [5, 5.41) is 0. The second kappa shape index (κ2) is 4.19. The minimum atomic E-state index is -0.563. The zero-order valence-electron chi connectivity index (χ0n) is 6.61. The van der Waals surface area contributed by atoms with Crippen LogP contribution in [0.3, 0.4) is 0 Å². The summed E-state index contributed by atoms with van der Waals surface area (Å²) in [6, 6.07) is 2.60. The molecule has 1 aromatic rings. The van der Waals surface area contributed by atoms with Crippen LogP contribution in [0.5, 0.6) is 0 Å². The van der Waals surface area contributed by atoms with E-state index in [1.807, 2.05) is 0 Å². The first-order chi connectivity index (χ1) is 6.06. The molecule has 70 valence electrons. The van der Waals surface area contributed by atoms with E-state index in [-0.39, 0.29) is 5.56 Å². The second-order valence-corrected chi connectivity index (χ2v) is 3.89. The Hall–Kier alpha value is -0.420. The molecule has 0 amide bonds. The number of methoxy groups -OCH3 is 1. The number of carbonyl (C=O) groups is 1. The Kier molecular flexibility index (Phi) is 3.44. The van der Waals surface area contributed by atoms with E-state index in [0.717, 1.165) is 6.07 Å². The van der Waals surface area contributed by atoms with Crippen molar-refractivity contribution in [3.8, 4) is 0 Å². The number of ether oxygens (including phenoxy) is 1. The molecule has 0 saturated carbocycles. The van der Waals surface area contributed by atoms with E-state index in [9.17, 15) is 9.18 Å². The maximum absolute atomic E-state index is 13.1. The Morgan fingerprint density at radius 1 is 1.46 bits per heavy atom. The predicted octanol–water partition coefficient (Wildman–Crippen LogP) is 3.14. The molecule has 0 aliphatic heterocycles. The van der Waals surface area contributed by atoms with E-state index in [1.165, 1.54) is 13.2 Å². The predicted molar refractivity (Wildman–Crippen MR) is 53.1 cm³/mol. The highest BCUT2D eigenvalue weighted by Crippen LogP contribution is 2.27. The van der Waals surface area contributed by atoms with E-state index in [1.54, 1.807) is 0 Å². The topological polar surface area (TPSA) is 26.3 Å². The zero-order valence-corrected chi connectivity index (χ0v) is 9.78. The Bertz CT molecular complexity index is 329. The molecule has 13 heavy (non-hydrogen) atoms. The van der Waals surface area contributed by atoms with Gasteiger partial charge in [0.25, 0.3) is 0 Å². The fourth-order valence-corrected chi connectivity index (χ4v) is 1.46.